The summed E-state index contributed by atoms with van der Waals surface area (Å²) in [4.78, 5) is 19.7. The summed E-state index contributed by atoms with van der Waals surface area (Å²) in [5.74, 6) is 1.78. The van der Waals surface area contributed by atoms with Gasteiger partial charge in [-0.25, -0.2) is 4.98 Å². The number of hydrogen-bond donors (Lipinski definition) is 2. The van der Waals surface area contributed by atoms with Crippen LogP contribution in [0.4, 0.5) is 0 Å². The van der Waals surface area contributed by atoms with E-state index in [-0.39, 0.29) is 17.9 Å². The number of nitrogens with zero attached hydrogens (tertiary/aromatic N) is 4. The Morgan fingerprint density at radius 3 is 2.88 bits per heavy atom. The summed E-state index contributed by atoms with van der Waals surface area (Å²) in [6.07, 6.45) is 3.30. The molecule has 7 nitrogen and oxygen atoms in total. The van der Waals surface area contributed by atoms with Gasteiger partial charge in [-0.3, -0.25) is 14.7 Å². The number of thiazole rings is 1. The third-order valence-corrected chi connectivity index (χ3v) is 9.05. The summed E-state index contributed by atoms with van der Waals surface area (Å²) >= 11 is 10.0. The predicted molar refractivity (Wildman–Crippen MR) is 134 cm³/mol. The maximum atomic E-state index is 13.1. The fraction of sp³-hybridized carbons (Fsp3) is 0.333. The van der Waals surface area contributed by atoms with Crippen LogP contribution in [0.2, 0.25) is 5.02 Å². The third kappa shape index (κ3) is 3.67. The molecule has 10 heteroatoms. The van der Waals surface area contributed by atoms with Crippen molar-refractivity contribution in [3.63, 3.8) is 0 Å². The largest absolute Gasteiger partial charge is 0.351 e. The first-order chi connectivity index (χ1) is 16.5. The number of carbonyl (C=O) groups excluding carboxylic acids is 1. The number of benzene rings is 1. The smallest absolute Gasteiger partial charge is 0.224 e. The van der Waals surface area contributed by atoms with E-state index >= 15 is 0 Å². The van der Waals surface area contributed by atoms with Crippen LogP contribution in [0.3, 0.4) is 0 Å². The summed E-state index contributed by atoms with van der Waals surface area (Å²) < 4.78 is 2.16. The molecule has 0 unspecified atom stereocenters. The monoisotopic (exact) mass is 510 g/mol. The minimum atomic E-state index is -0.0771. The Labute approximate surface area is 210 Å². The van der Waals surface area contributed by atoms with Gasteiger partial charge >= 0.3 is 0 Å². The lowest BCUT2D eigenvalue weighted by molar-refractivity contribution is -0.124. The Morgan fingerprint density at radius 1 is 1.24 bits per heavy atom. The first-order valence-corrected chi connectivity index (χ1v) is 13.2. The van der Waals surface area contributed by atoms with E-state index in [0.717, 1.165) is 43.5 Å². The molecule has 2 N–H and O–H groups in total. The van der Waals surface area contributed by atoms with Gasteiger partial charge in [-0.2, -0.15) is 0 Å². The summed E-state index contributed by atoms with van der Waals surface area (Å²) in [6, 6.07) is 7.89. The van der Waals surface area contributed by atoms with Crippen molar-refractivity contribution in [3.8, 4) is 5.00 Å². The highest BCUT2D eigenvalue weighted by Crippen LogP contribution is 2.46. The van der Waals surface area contributed by atoms with Gasteiger partial charge in [0.25, 0.3) is 0 Å². The van der Waals surface area contributed by atoms with E-state index in [1.54, 1.807) is 22.7 Å². The van der Waals surface area contributed by atoms with E-state index in [2.05, 4.69) is 36.4 Å². The van der Waals surface area contributed by atoms with E-state index in [0.29, 0.717) is 19.5 Å². The molecular formula is C24H23ClN6OS2. The number of rotatable bonds is 4. The van der Waals surface area contributed by atoms with Crippen molar-refractivity contribution in [1.82, 2.24) is 30.4 Å². The van der Waals surface area contributed by atoms with Crippen molar-refractivity contribution in [3.05, 3.63) is 78.6 Å². The van der Waals surface area contributed by atoms with Gasteiger partial charge in [0.2, 0.25) is 5.91 Å². The molecule has 0 saturated carbocycles. The lowest BCUT2D eigenvalue weighted by atomic mass is 9.95. The van der Waals surface area contributed by atoms with E-state index < -0.39 is 0 Å². The molecule has 3 aromatic heterocycles. The number of fused-ring (bicyclic) bond motifs is 5. The zero-order valence-electron chi connectivity index (χ0n) is 18.8. The van der Waals surface area contributed by atoms with Crippen LogP contribution < -0.4 is 10.6 Å². The number of carbonyl (C=O) groups is 1. The lowest BCUT2D eigenvalue weighted by Crippen LogP contribution is -2.30. The molecule has 0 fully saturated rings. The molecule has 6 rings (SSSR count). The number of halogens is 1. The first kappa shape index (κ1) is 21.9. The van der Waals surface area contributed by atoms with Gasteiger partial charge < -0.3 is 5.32 Å². The van der Waals surface area contributed by atoms with E-state index in [1.807, 2.05) is 38.2 Å². The molecule has 34 heavy (non-hydrogen) atoms. The average Bonchev–Trinajstić information content (AvgIpc) is 3.56. The molecule has 1 aromatic carbocycles. The molecule has 0 bridgehead atoms. The fourth-order valence-electron chi connectivity index (χ4n) is 4.95. The van der Waals surface area contributed by atoms with Gasteiger partial charge in [-0.15, -0.1) is 32.9 Å². The van der Waals surface area contributed by atoms with Gasteiger partial charge in [0.05, 0.1) is 24.1 Å². The topological polar surface area (TPSA) is 84.7 Å². The molecule has 0 radical (unpaired) electrons. The summed E-state index contributed by atoms with van der Waals surface area (Å²) in [5, 5.41) is 18.4. The summed E-state index contributed by atoms with van der Waals surface area (Å²) in [7, 11) is 0. The van der Waals surface area contributed by atoms with Gasteiger partial charge in [0, 0.05) is 32.5 Å². The minimum Gasteiger partial charge on any atom is -0.351 e. The van der Waals surface area contributed by atoms with Crippen LogP contribution in [0.15, 0.2) is 30.5 Å². The van der Waals surface area contributed by atoms with Crippen LogP contribution >= 0.6 is 34.3 Å². The van der Waals surface area contributed by atoms with Crippen LogP contribution in [0, 0.1) is 19.8 Å². The van der Waals surface area contributed by atoms with Crippen LogP contribution in [-0.2, 0) is 30.7 Å². The van der Waals surface area contributed by atoms with Crippen LogP contribution in [0.5, 0.6) is 0 Å². The molecule has 0 spiro atoms. The predicted octanol–water partition coefficient (Wildman–Crippen LogP) is 4.28. The molecule has 1 aliphatic heterocycles. The molecule has 4 aromatic rings. The standard InChI is InChI=1S/C24H23ClN6OS2/c1-12-29-30-20-11-27-22(16-5-3-4-6-18(16)25)21-17-7-14(8-19(17)34-24(21)31(12)20)23(32)28-10-15-9-26-13(2)33-15/h3-6,9,14,22,27H,7-8,10-11H2,1-2H3,(H,28,32)/t14-,22-/m0/s1. The SMILES string of the molecule is Cc1ncc(CNC(=O)[C@@H]2Cc3sc4c(c3C2)[C@H](c2ccccc2Cl)NCc2nnc(C)n2-4)s1. The Hall–Kier alpha value is -2.59. The second kappa shape index (κ2) is 8.57. The number of aromatic nitrogens is 4. The Morgan fingerprint density at radius 2 is 2.09 bits per heavy atom. The maximum Gasteiger partial charge on any atom is 0.224 e. The van der Waals surface area contributed by atoms with Crippen molar-refractivity contribution in [2.75, 3.05) is 0 Å². The highest BCUT2D eigenvalue weighted by atomic mass is 35.5. The van der Waals surface area contributed by atoms with Crippen LogP contribution in [-0.4, -0.2) is 25.7 Å². The van der Waals surface area contributed by atoms with E-state index in [1.165, 1.54) is 16.0 Å². The summed E-state index contributed by atoms with van der Waals surface area (Å²) in [5.41, 5.74) is 3.49. The van der Waals surface area contributed by atoms with Crippen molar-refractivity contribution in [2.45, 2.75) is 45.8 Å². The van der Waals surface area contributed by atoms with Crippen molar-refractivity contribution in [1.29, 1.82) is 0 Å². The Kier molecular flexibility index (Phi) is 5.52. The Bertz CT molecular complexity index is 1410. The zero-order chi connectivity index (χ0) is 23.4. The Balaban J connectivity index is 1.35. The normalized spacial score (nSPS) is 18.8. The molecule has 1 aliphatic carbocycles. The van der Waals surface area contributed by atoms with Gasteiger partial charge in [-0.05, 0) is 43.9 Å². The van der Waals surface area contributed by atoms with Crippen molar-refractivity contribution >= 4 is 40.2 Å². The second-order valence-corrected chi connectivity index (χ2v) is 11.5. The van der Waals surface area contributed by atoms with Crippen LogP contribution in [0.1, 0.15) is 49.1 Å². The quantitative estimate of drug-likeness (QED) is 0.428. The van der Waals surface area contributed by atoms with Gasteiger partial charge in [0.15, 0.2) is 5.82 Å². The second-order valence-electron chi connectivity index (χ2n) is 8.73. The highest BCUT2D eigenvalue weighted by Gasteiger charge is 2.38. The van der Waals surface area contributed by atoms with Gasteiger partial charge in [0.1, 0.15) is 10.8 Å². The molecule has 2 aliphatic rings. The number of hydrogen-bond acceptors (Lipinski definition) is 7. The molecule has 1 amide bonds. The molecular weight excluding hydrogens is 488 g/mol. The molecule has 4 heterocycles. The minimum absolute atomic E-state index is 0.0720. The fourth-order valence-corrected chi connectivity index (χ4v) is 7.45. The molecule has 174 valence electrons. The lowest BCUT2D eigenvalue weighted by Gasteiger charge is -2.20. The molecule has 2 atom stereocenters. The molecule has 0 saturated heterocycles. The summed E-state index contributed by atoms with van der Waals surface area (Å²) in [6.45, 7) is 5.08. The van der Waals surface area contributed by atoms with E-state index in [4.69, 9.17) is 11.6 Å². The number of thiophene rings is 1. The van der Waals surface area contributed by atoms with Crippen molar-refractivity contribution in [2.24, 2.45) is 5.92 Å². The van der Waals surface area contributed by atoms with E-state index in [9.17, 15) is 4.79 Å². The zero-order valence-corrected chi connectivity index (χ0v) is 21.2. The maximum absolute atomic E-state index is 13.1. The number of nitrogens with one attached hydrogen (secondary N) is 2. The first-order valence-electron chi connectivity index (χ1n) is 11.2. The number of amides is 1. The third-order valence-electron chi connectivity index (χ3n) is 6.54. The van der Waals surface area contributed by atoms with Crippen molar-refractivity contribution < 1.29 is 4.79 Å². The number of aryl methyl sites for hydroxylation is 2. The van der Waals surface area contributed by atoms with Crippen LogP contribution in [0.25, 0.3) is 5.00 Å². The van der Waals surface area contributed by atoms with Gasteiger partial charge in [-0.1, -0.05) is 29.8 Å². The highest BCUT2D eigenvalue weighted by molar-refractivity contribution is 7.15. The average molecular weight is 511 g/mol.